The number of hydrogen-bond acceptors (Lipinski definition) is 4. The van der Waals surface area contributed by atoms with Crippen LogP contribution in [0.4, 0.5) is 0 Å². The van der Waals surface area contributed by atoms with Gasteiger partial charge in [0.1, 0.15) is 0 Å². The molecule has 0 aromatic heterocycles. The molecule has 0 bridgehead atoms. The summed E-state index contributed by atoms with van der Waals surface area (Å²) in [5, 5.41) is 2.79. The van der Waals surface area contributed by atoms with Gasteiger partial charge in [-0.2, -0.15) is 0 Å². The van der Waals surface area contributed by atoms with Crippen LogP contribution in [0.1, 0.15) is 68.0 Å². The Balaban J connectivity index is 0.00000280. The van der Waals surface area contributed by atoms with E-state index < -0.39 is 5.91 Å². The van der Waals surface area contributed by atoms with Gasteiger partial charge in [0, 0.05) is 25.2 Å². The van der Waals surface area contributed by atoms with Gasteiger partial charge in [0.05, 0.1) is 11.1 Å². The number of carbonyl (C=O) groups excluding carboxylic acids is 3. The molecular formula is C21H24ClN3O3. The van der Waals surface area contributed by atoms with E-state index in [0.29, 0.717) is 17.0 Å². The van der Waals surface area contributed by atoms with Crippen molar-refractivity contribution in [1.82, 2.24) is 10.2 Å². The normalized spacial score (nSPS) is 14.0. The average molecular weight is 402 g/mol. The summed E-state index contributed by atoms with van der Waals surface area (Å²) in [4.78, 5) is 37.4. The van der Waals surface area contributed by atoms with Gasteiger partial charge in [-0.1, -0.05) is 38.1 Å². The van der Waals surface area contributed by atoms with Gasteiger partial charge < -0.3 is 11.1 Å². The number of carbonyl (C=O) groups is 3. The zero-order valence-corrected chi connectivity index (χ0v) is 16.9. The number of nitrogens with two attached hydrogens (primary N) is 1. The van der Waals surface area contributed by atoms with E-state index >= 15 is 0 Å². The Hall–Kier alpha value is -2.70. The number of amides is 3. The number of fused-ring (bicyclic) bond motifs is 1. The van der Waals surface area contributed by atoms with Gasteiger partial charge in [-0.25, -0.2) is 0 Å². The smallest absolute Gasteiger partial charge is 0.261 e. The molecule has 1 atom stereocenters. The molecule has 3 rings (SSSR count). The number of benzene rings is 2. The number of nitrogens with zero attached hydrogens (tertiary/aromatic N) is 1. The molecule has 148 valence electrons. The van der Waals surface area contributed by atoms with Crippen molar-refractivity contribution in [2.75, 3.05) is 13.6 Å². The SMILES string of the molecule is CC(C)c1ccc(C(N)CNC(=O)c2ccc3c(c2)C(=O)N(C)C3=O)cc1.Cl. The molecule has 0 saturated heterocycles. The molecule has 0 saturated carbocycles. The van der Waals surface area contributed by atoms with Crippen LogP contribution in [0.2, 0.25) is 0 Å². The fourth-order valence-electron chi connectivity index (χ4n) is 3.05. The van der Waals surface area contributed by atoms with Crippen molar-refractivity contribution < 1.29 is 14.4 Å². The monoisotopic (exact) mass is 401 g/mol. The van der Waals surface area contributed by atoms with Gasteiger partial charge in [0.15, 0.2) is 0 Å². The summed E-state index contributed by atoms with van der Waals surface area (Å²) < 4.78 is 0. The predicted octanol–water partition coefficient (Wildman–Crippen LogP) is 2.89. The van der Waals surface area contributed by atoms with Crippen molar-refractivity contribution in [3.8, 4) is 0 Å². The molecule has 3 N–H and O–H groups in total. The number of rotatable bonds is 5. The maximum Gasteiger partial charge on any atom is 0.261 e. The third-order valence-corrected chi connectivity index (χ3v) is 4.87. The molecule has 1 aliphatic heterocycles. The molecule has 0 spiro atoms. The highest BCUT2D eigenvalue weighted by molar-refractivity contribution is 6.21. The van der Waals surface area contributed by atoms with Crippen molar-refractivity contribution >= 4 is 30.1 Å². The molecule has 0 radical (unpaired) electrons. The van der Waals surface area contributed by atoms with Crippen molar-refractivity contribution in [3.05, 3.63) is 70.3 Å². The predicted molar refractivity (Wildman–Crippen MR) is 110 cm³/mol. The highest BCUT2D eigenvalue weighted by atomic mass is 35.5. The van der Waals surface area contributed by atoms with E-state index in [2.05, 4.69) is 19.2 Å². The molecule has 28 heavy (non-hydrogen) atoms. The molecule has 7 heteroatoms. The number of halogens is 1. The molecule has 1 unspecified atom stereocenters. The molecule has 2 aromatic carbocycles. The second kappa shape index (κ2) is 8.54. The van der Waals surface area contributed by atoms with Gasteiger partial charge in [0.25, 0.3) is 17.7 Å². The lowest BCUT2D eigenvalue weighted by Gasteiger charge is -2.15. The zero-order valence-electron chi connectivity index (χ0n) is 16.1. The molecular weight excluding hydrogens is 378 g/mol. The maximum absolute atomic E-state index is 12.4. The van der Waals surface area contributed by atoms with Crippen LogP contribution in [0, 0.1) is 0 Å². The summed E-state index contributed by atoms with van der Waals surface area (Å²) in [6, 6.07) is 12.2. The van der Waals surface area contributed by atoms with Crippen molar-refractivity contribution in [2.24, 2.45) is 5.73 Å². The van der Waals surface area contributed by atoms with Gasteiger partial charge in [-0.15, -0.1) is 12.4 Å². The zero-order chi connectivity index (χ0) is 19.7. The van der Waals surface area contributed by atoms with E-state index in [0.717, 1.165) is 10.5 Å². The summed E-state index contributed by atoms with van der Waals surface area (Å²) in [6.07, 6.45) is 0. The van der Waals surface area contributed by atoms with E-state index in [1.54, 1.807) is 6.07 Å². The third-order valence-electron chi connectivity index (χ3n) is 4.87. The van der Waals surface area contributed by atoms with Gasteiger partial charge in [-0.05, 0) is 35.2 Å². The number of imide groups is 1. The topological polar surface area (TPSA) is 92.5 Å². The Kier molecular flexibility index (Phi) is 6.59. The molecule has 6 nitrogen and oxygen atoms in total. The van der Waals surface area contributed by atoms with E-state index in [9.17, 15) is 14.4 Å². The summed E-state index contributed by atoms with van der Waals surface area (Å²) in [5.74, 6) is -0.634. The molecule has 1 aliphatic rings. The van der Waals surface area contributed by atoms with E-state index in [-0.39, 0.29) is 42.4 Å². The average Bonchev–Trinajstić information content (AvgIpc) is 2.89. The minimum Gasteiger partial charge on any atom is -0.350 e. The second-order valence-electron chi connectivity index (χ2n) is 7.07. The summed E-state index contributed by atoms with van der Waals surface area (Å²) in [7, 11) is 1.42. The molecule has 2 aromatic rings. The lowest BCUT2D eigenvalue weighted by atomic mass is 9.99. The van der Waals surface area contributed by atoms with Crippen molar-refractivity contribution in [2.45, 2.75) is 25.8 Å². The van der Waals surface area contributed by atoms with Gasteiger partial charge in [0.2, 0.25) is 0 Å². The van der Waals surface area contributed by atoms with Crippen molar-refractivity contribution in [1.29, 1.82) is 0 Å². The first kappa shape index (κ1) is 21.6. The molecule has 0 aliphatic carbocycles. The summed E-state index contributed by atoms with van der Waals surface area (Å²) in [6.45, 7) is 4.52. The van der Waals surface area contributed by atoms with Crippen LogP contribution in [0.3, 0.4) is 0 Å². The van der Waals surface area contributed by atoms with Gasteiger partial charge in [-0.3, -0.25) is 19.3 Å². The minimum atomic E-state index is -0.397. The molecule has 0 fully saturated rings. The van der Waals surface area contributed by atoms with Crippen LogP contribution in [0.5, 0.6) is 0 Å². The number of nitrogens with one attached hydrogen (secondary N) is 1. The molecule has 1 heterocycles. The second-order valence-corrected chi connectivity index (χ2v) is 7.07. The highest BCUT2D eigenvalue weighted by Crippen LogP contribution is 2.23. The minimum absolute atomic E-state index is 0. The van der Waals surface area contributed by atoms with E-state index in [1.165, 1.54) is 24.7 Å². The van der Waals surface area contributed by atoms with E-state index in [4.69, 9.17) is 5.73 Å². The first-order valence-electron chi connectivity index (χ1n) is 8.89. The summed E-state index contributed by atoms with van der Waals surface area (Å²) in [5.41, 5.74) is 9.25. The fourth-order valence-corrected chi connectivity index (χ4v) is 3.05. The lowest BCUT2D eigenvalue weighted by Crippen LogP contribution is -2.32. The van der Waals surface area contributed by atoms with Crippen LogP contribution in [0.25, 0.3) is 0 Å². The Labute approximate surface area is 170 Å². The van der Waals surface area contributed by atoms with E-state index in [1.807, 2.05) is 24.3 Å². The molecule has 3 amide bonds. The first-order chi connectivity index (χ1) is 12.8. The van der Waals surface area contributed by atoms with Gasteiger partial charge >= 0.3 is 0 Å². The Morgan fingerprint density at radius 3 is 2.18 bits per heavy atom. The maximum atomic E-state index is 12.4. The fraction of sp³-hybridized carbons (Fsp3) is 0.286. The van der Waals surface area contributed by atoms with Crippen LogP contribution < -0.4 is 11.1 Å². The number of hydrogen-bond donors (Lipinski definition) is 2. The Bertz CT molecular complexity index is 910. The van der Waals surface area contributed by atoms with Crippen molar-refractivity contribution in [3.63, 3.8) is 0 Å². The standard InChI is InChI=1S/C21H23N3O3.ClH/c1-12(2)13-4-6-14(7-5-13)18(22)11-23-19(25)15-8-9-16-17(10-15)21(27)24(3)20(16)26;/h4-10,12,18H,11,22H2,1-3H3,(H,23,25);1H. The van der Waals surface area contributed by atoms with Crippen LogP contribution in [0.15, 0.2) is 42.5 Å². The van der Waals surface area contributed by atoms with Crippen LogP contribution in [-0.2, 0) is 0 Å². The first-order valence-corrected chi connectivity index (χ1v) is 8.89. The summed E-state index contributed by atoms with van der Waals surface area (Å²) >= 11 is 0. The lowest BCUT2D eigenvalue weighted by molar-refractivity contribution is 0.0693. The van der Waals surface area contributed by atoms with Crippen LogP contribution >= 0.6 is 12.4 Å². The van der Waals surface area contributed by atoms with Crippen LogP contribution in [-0.4, -0.2) is 36.2 Å². The third kappa shape index (κ3) is 4.08. The Morgan fingerprint density at radius 2 is 1.57 bits per heavy atom. The largest absolute Gasteiger partial charge is 0.350 e. The highest BCUT2D eigenvalue weighted by Gasteiger charge is 2.33. The quantitative estimate of drug-likeness (QED) is 0.753. The Morgan fingerprint density at radius 1 is 1.00 bits per heavy atom.